The molecule has 0 bridgehead atoms. The zero-order chi connectivity index (χ0) is 24.8. The van der Waals surface area contributed by atoms with E-state index in [0.717, 1.165) is 18.5 Å². The number of anilines is 1. The van der Waals surface area contributed by atoms with Gasteiger partial charge in [0.25, 0.3) is 5.56 Å². The van der Waals surface area contributed by atoms with Gasteiger partial charge >= 0.3 is 0 Å². The minimum absolute atomic E-state index is 0.0920. The molecule has 180 valence electrons. The molecule has 0 fully saturated rings. The van der Waals surface area contributed by atoms with Crippen molar-refractivity contribution in [2.45, 2.75) is 24.9 Å². The predicted octanol–water partition coefficient (Wildman–Crippen LogP) is 5.09. The standard InChI is InChI=1S/C27H27N3O4S/c1-4-7-18-10-12-19(13-11-18)28-25(31)17-35-27-29-22-9-6-5-8-21(22)26(32)30(27)20-14-15-23(33-2)24(16-20)34-3/h5-6,8-16H,4,7,17H2,1-3H3,(H,28,31). The van der Waals surface area contributed by atoms with Crippen molar-refractivity contribution in [3.05, 3.63) is 82.6 Å². The molecule has 0 radical (unpaired) electrons. The lowest BCUT2D eigenvalue weighted by Crippen LogP contribution is -2.23. The van der Waals surface area contributed by atoms with Crippen molar-refractivity contribution in [3.63, 3.8) is 0 Å². The summed E-state index contributed by atoms with van der Waals surface area (Å²) in [6.45, 7) is 2.13. The van der Waals surface area contributed by atoms with Gasteiger partial charge in [-0.1, -0.05) is 49.4 Å². The number of rotatable bonds is 9. The summed E-state index contributed by atoms with van der Waals surface area (Å²) in [5, 5.41) is 3.81. The van der Waals surface area contributed by atoms with E-state index in [-0.39, 0.29) is 17.2 Å². The van der Waals surface area contributed by atoms with Crippen LogP contribution in [0.25, 0.3) is 16.6 Å². The minimum atomic E-state index is -0.225. The van der Waals surface area contributed by atoms with E-state index in [1.54, 1.807) is 43.5 Å². The number of nitrogens with one attached hydrogen (secondary N) is 1. The Morgan fingerprint density at radius 3 is 2.46 bits per heavy atom. The molecule has 0 aliphatic heterocycles. The van der Waals surface area contributed by atoms with Crippen LogP contribution in [0.4, 0.5) is 5.69 Å². The fourth-order valence-electron chi connectivity index (χ4n) is 3.77. The molecular formula is C27H27N3O4S. The second-order valence-corrected chi connectivity index (χ2v) is 8.82. The van der Waals surface area contributed by atoms with Gasteiger partial charge in [-0.25, -0.2) is 4.98 Å². The molecule has 0 atom stereocenters. The minimum Gasteiger partial charge on any atom is -0.493 e. The highest BCUT2D eigenvalue weighted by molar-refractivity contribution is 7.99. The number of hydrogen-bond donors (Lipinski definition) is 1. The fourth-order valence-corrected chi connectivity index (χ4v) is 4.58. The first-order chi connectivity index (χ1) is 17.0. The molecule has 35 heavy (non-hydrogen) atoms. The molecule has 0 saturated carbocycles. The summed E-state index contributed by atoms with van der Waals surface area (Å²) in [7, 11) is 3.09. The topological polar surface area (TPSA) is 82.5 Å². The van der Waals surface area contributed by atoms with Crippen LogP contribution >= 0.6 is 11.8 Å². The van der Waals surface area contributed by atoms with E-state index in [9.17, 15) is 9.59 Å². The summed E-state index contributed by atoms with van der Waals surface area (Å²) >= 11 is 1.20. The Hall–Kier alpha value is -3.78. The maximum atomic E-state index is 13.5. The van der Waals surface area contributed by atoms with Gasteiger partial charge in [-0.2, -0.15) is 0 Å². The Kier molecular flexibility index (Phi) is 7.72. The lowest BCUT2D eigenvalue weighted by molar-refractivity contribution is -0.113. The van der Waals surface area contributed by atoms with Crippen molar-refractivity contribution in [3.8, 4) is 17.2 Å². The normalized spacial score (nSPS) is 10.8. The fraction of sp³-hybridized carbons (Fsp3) is 0.222. The van der Waals surface area contributed by atoms with E-state index in [0.29, 0.717) is 33.2 Å². The van der Waals surface area contributed by atoms with E-state index >= 15 is 0 Å². The highest BCUT2D eigenvalue weighted by atomic mass is 32.2. The average Bonchev–Trinajstić information content (AvgIpc) is 2.88. The molecule has 1 amide bonds. The molecular weight excluding hydrogens is 462 g/mol. The number of aromatic nitrogens is 2. The SMILES string of the molecule is CCCc1ccc(NC(=O)CSc2nc3ccccc3c(=O)n2-c2ccc(OC)c(OC)c2)cc1. The largest absolute Gasteiger partial charge is 0.493 e. The Morgan fingerprint density at radius 2 is 1.74 bits per heavy atom. The second-order valence-electron chi connectivity index (χ2n) is 7.88. The average molecular weight is 490 g/mol. The van der Waals surface area contributed by atoms with Crippen molar-refractivity contribution in [1.29, 1.82) is 0 Å². The molecule has 0 aliphatic carbocycles. The summed E-state index contributed by atoms with van der Waals surface area (Å²) in [4.78, 5) is 30.9. The molecule has 3 aromatic carbocycles. The molecule has 1 N–H and O–H groups in total. The van der Waals surface area contributed by atoms with Crippen LogP contribution in [0.15, 0.2) is 76.7 Å². The highest BCUT2D eigenvalue weighted by Gasteiger charge is 2.16. The molecule has 4 aromatic rings. The van der Waals surface area contributed by atoms with E-state index in [1.807, 2.05) is 30.3 Å². The third-order valence-corrected chi connectivity index (χ3v) is 6.42. The van der Waals surface area contributed by atoms with E-state index < -0.39 is 0 Å². The number of fused-ring (bicyclic) bond motifs is 1. The number of aryl methyl sites for hydroxylation is 1. The lowest BCUT2D eigenvalue weighted by atomic mass is 10.1. The highest BCUT2D eigenvalue weighted by Crippen LogP contribution is 2.30. The number of benzene rings is 3. The van der Waals surface area contributed by atoms with Crippen LogP contribution in [0, 0.1) is 0 Å². The Bertz CT molecular complexity index is 1400. The van der Waals surface area contributed by atoms with Gasteiger partial charge in [0.1, 0.15) is 0 Å². The summed E-state index contributed by atoms with van der Waals surface area (Å²) in [5.74, 6) is 0.954. The van der Waals surface area contributed by atoms with Gasteiger partial charge in [0, 0.05) is 11.8 Å². The summed E-state index contributed by atoms with van der Waals surface area (Å²) in [6, 6.07) is 20.2. The van der Waals surface area contributed by atoms with E-state index in [1.165, 1.54) is 29.0 Å². The van der Waals surface area contributed by atoms with Crippen LogP contribution in [0.5, 0.6) is 11.5 Å². The van der Waals surface area contributed by atoms with Gasteiger partial charge in [-0.15, -0.1) is 0 Å². The monoisotopic (exact) mass is 489 g/mol. The maximum Gasteiger partial charge on any atom is 0.266 e. The van der Waals surface area contributed by atoms with Gasteiger partial charge in [0.15, 0.2) is 16.7 Å². The number of thioether (sulfide) groups is 1. The Labute approximate surface area is 208 Å². The van der Waals surface area contributed by atoms with Crippen molar-refractivity contribution >= 4 is 34.3 Å². The van der Waals surface area contributed by atoms with Gasteiger partial charge in [0.05, 0.1) is 36.6 Å². The van der Waals surface area contributed by atoms with E-state index in [2.05, 4.69) is 12.2 Å². The molecule has 0 spiro atoms. The van der Waals surface area contributed by atoms with Gasteiger partial charge in [-0.3, -0.25) is 14.2 Å². The number of methoxy groups -OCH3 is 2. The number of carbonyl (C=O) groups excluding carboxylic acids is 1. The van der Waals surface area contributed by atoms with Crippen LogP contribution in [-0.4, -0.2) is 35.4 Å². The van der Waals surface area contributed by atoms with Crippen LogP contribution < -0.4 is 20.3 Å². The number of ether oxygens (including phenoxy) is 2. The van der Waals surface area contributed by atoms with E-state index in [4.69, 9.17) is 14.5 Å². The maximum absolute atomic E-state index is 13.5. The first kappa shape index (κ1) is 24.3. The number of hydrogen-bond acceptors (Lipinski definition) is 6. The van der Waals surface area contributed by atoms with Crippen LogP contribution in [-0.2, 0) is 11.2 Å². The van der Waals surface area contributed by atoms with Crippen LogP contribution in [0.1, 0.15) is 18.9 Å². The molecule has 0 aliphatic rings. The number of carbonyl (C=O) groups is 1. The zero-order valence-electron chi connectivity index (χ0n) is 19.9. The Morgan fingerprint density at radius 1 is 1.00 bits per heavy atom. The Balaban J connectivity index is 1.64. The first-order valence-corrected chi connectivity index (χ1v) is 12.3. The van der Waals surface area contributed by atoms with Crippen molar-refractivity contribution in [1.82, 2.24) is 9.55 Å². The van der Waals surface area contributed by atoms with Crippen LogP contribution in [0.2, 0.25) is 0 Å². The molecule has 4 rings (SSSR count). The smallest absolute Gasteiger partial charge is 0.266 e. The number of amides is 1. The van der Waals surface area contributed by atoms with Crippen molar-refractivity contribution in [2.75, 3.05) is 25.3 Å². The summed E-state index contributed by atoms with van der Waals surface area (Å²) in [6.07, 6.45) is 2.08. The van der Waals surface area contributed by atoms with Gasteiger partial charge in [-0.05, 0) is 48.4 Å². The van der Waals surface area contributed by atoms with Crippen molar-refractivity contribution in [2.24, 2.45) is 0 Å². The first-order valence-electron chi connectivity index (χ1n) is 11.3. The lowest BCUT2D eigenvalue weighted by Gasteiger charge is -2.15. The van der Waals surface area contributed by atoms with Gasteiger partial charge < -0.3 is 14.8 Å². The van der Waals surface area contributed by atoms with Gasteiger partial charge in [0.2, 0.25) is 5.91 Å². The number of para-hydroxylation sites is 1. The predicted molar refractivity (Wildman–Crippen MR) is 140 cm³/mol. The molecule has 1 aromatic heterocycles. The third kappa shape index (κ3) is 5.49. The van der Waals surface area contributed by atoms with Crippen LogP contribution in [0.3, 0.4) is 0 Å². The quantitative estimate of drug-likeness (QED) is 0.261. The number of nitrogens with zero attached hydrogens (tertiary/aromatic N) is 2. The van der Waals surface area contributed by atoms with Crippen molar-refractivity contribution < 1.29 is 14.3 Å². The molecule has 0 saturated heterocycles. The summed E-state index contributed by atoms with van der Waals surface area (Å²) < 4.78 is 12.3. The zero-order valence-corrected chi connectivity index (χ0v) is 20.7. The summed E-state index contributed by atoms with van der Waals surface area (Å²) in [5.41, 5.74) is 2.89. The molecule has 0 unspecified atom stereocenters. The molecule has 1 heterocycles. The third-order valence-electron chi connectivity index (χ3n) is 5.48. The molecule has 7 nitrogen and oxygen atoms in total. The molecule has 8 heteroatoms. The second kappa shape index (κ2) is 11.1.